The van der Waals surface area contributed by atoms with E-state index in [2.05, 4.69) is 17.2 Å². The molecule has 1 unspecified atom stereocenters. The van der Waals surface area contributed by atoms with Crippen molar-refractivity contribution in [3.8, 4) is 0 Å². The molecule has 1 atom stereocenters. The normalized spacial score (nSPS) is 16.3. The van der Waals surface area contributed by atoms with Gasteiger partial charge in [0.1, 0.15) is 0 Å². The molecule has 0 bridgehead atoms. The number of fused-ring (bicyclic) bond motifs is 1. The summed E-state index contributed by atoms with van der Waals surface area (Å²) in [7, 11) is 0. The molecule has 2 heterocycles. The van der Waals surface area contributed by atoms with E-state index in [0.717, 1.165) is 49.1 Å². The van der Waals surface area contributed by atoms with Gasteiger partial charge in [-0.3, -0.25) is 4.98 Å². The lowest BCUT2D eigenvalue weighted by Crippen LogP contribution is -2.26. The zero-order valence-corrected chi connectivity index (χ0v) is 12.4. The van der Waals surface area contributed by atoms with E-state index in [1.54, 1.807) is 0 Å². The lowest BCUT2D eigenvalue weighted by atomic mass is 9.99. The van der Waals surface area contributed by atoms with E-state index < -0.39 is 0 Å². The Bertz CT molecular complexity index is 639. The van der Waals surface area contributed by atoms with E-state index in [4.69, 9.17) is 9.72 Å². The summed E-state index contributed by atoms with van der Waals surface area (Å²) in [5, 5.41) is 3.57. The van der Waals surface area contributed by atoms with Crippen LogP contribution < -0.4 is 5.32 Å². The summed E-state index contributed by atoms with van der Waals surface area (Å²) in [6.07, 6.45) is 6.98. The van der Waals surface area contributed by atoms with Crippen molar-refractivity contribution in [2.24, 2.45) is 0 Å². The van der Waals surface area contributed by atoms with Crippen molar-refractivity contribution in [2.45, 2.75) is 32.2 Å². The quantitative estimate of drug-likeness (QED) is 0.914. The summed E-state index contributed by atoms with van der Waals surface area (Å²) in [4.78, 5) is 9.32. The number of rotatable bonds is 5. The third-order valence-electron chi connectivity index (χ3n) is 3.69. The van der Waals surface area contributed by atoms with Gasteiger partial charge in [0.2, 0.25) is 0 Å². The minimum atomic E-state index is 0.0994. The van der Waals surface area contributed by atoms with E-state index in [1.807, 2.05) is 36.7 Å². The lowest BCUT2D eigenvalue weighted by molar-refractivity contribution is 0.219. The minimum absolute atomic E-state index is 0.0994. The van der Waals surface area contributed by atoms with Gasteiger partial charge in [-0.1, -0.05) is 19.1 Å². The van der Waals surface area contributed by atoms with Crippen LogP contribution >= 0.6 is 0 Å². The summed E-state index contributed by atoms with van der Waals surface area (Å²) in [5.41, 5.74) is 4.11. The van der Waals surface area contributed by atoms with Gasteiger partial charge < -0.3 is 10.1 Å². The summed E-state index contributed by atoms with van der Waals surface area (Å²) in [6.45, 7) is 3.94. The molecule has 2 aromatic rings. The topological polar surface area (TPSA) is 47.0 Å². The first-order valence-corrected chi connectivity index (χ1v) is 7.64. The molecule has 0 saturated heterocycles. The maximum atomic E-state index is 5.50. The van der Waals surface area contributed by atoms with E-state index >= 15 is 0 Å². The third-order valence-corrected chi connectivity index (χ3v) is 3.69. The minimum Gasteiger partial charge on any atom is -0.501 e. The summed E-state index contributed by atoms with van der Waals surface area (Å²) >= 11 is 0. The fourth-order valence-electron chi connectivity index (χ4n) is 2.62. The Balaban J connectivity index is 1.94. The summed E-state index contributed by atoms with van der Waals surface area (Å²) < 4.78 is 5.50. The SMILES string of the molecule is CCCNC(C1=COCCC1)c1cnc2ccccc2n1. The molecule has 1 N–H and O–H groups in total. The number of hydrogen-bond donors (Lipinski definition) is 1. The standard InChI is InChI=1S/C17H21N3O/c1-2-9-18-17(13-6-5-10-21-12-13)16-11-19-14-7-3-4-8-15(14)20-16/h3-4,7-8,11-12,17-18H,2,5-6,9-10H2,1H3. The van der Waals surface area contributed by atoms with Crippen molar-refractivity contribution >= 4 is 11.0 Å². The van der Waals surface area contributed by atoms with Gasteiger partial charge in [0, 0.05) is 0 Å². The molecular formula is C17H21N3O. The fourth-order valence-corrected chi connectivity index (χ4v) is 2.62. The molecule has 110 valence electrons. The van der Waals surface area contributed by atoms with Gasteiger partial charge in [-0.15, -0.1) is 0 Å². The van der Waals surface area contributed by atoms with Crippen LogP contribution in [0.2, 0.25) is 0 Å². The van der Waals surface area contributed by atoms with Crippen LogP contribution in [0.3, 0.4) is 0 Å². The van der Waals surface area contributed by atoms with Gasteiger partial charge in [-0.05, 0) is 43.5 Å². The highest BCUT2D eigenvalue weighted by Crippen LogP contribution is 2.27. The van der Waals surface area contributed by atoms with Crippen LogP contribution in [0.4, 0.5) is 0 Å². The Kier molecular flexibility index (Phi) is 4.46. The predicted octanol–water partition coefficient (Wildman–Crippen LogP) is 3.36. The molecule has 1 aliphatic heterocycles. The zero-order valence-electron chi connectivity index (χ0n) is 12.4. The molecule has 21 heavy (non-hydrogen) atoms. The molecule has 0 fully saturated rings. The van der Waals surface area contributed by atoms with E-state index in [-0.39, 0.29) is 6.04 Å². The number of benzene rings is 1. The molecule has 1 aliphatic rings. The van der Waals surface area contributed by atoms with Crippen LogP contribution in [0, 0.1) is 0 Å². The molecular weight excluding hydrogens is 262 g/mol. The van der Waals surface area contributed by atoms with Gasteiger partial charge in [0.15, 0.2) is 0 Å². The number of para-hydroxylation sites is 2. The Morgan fingerprint density at radius 2 is 2.14 bits per heavy atom. The second kappa shape index (κ2) is 6.68. The Morgan fingerprint density at radius 3 is 2.90 bits per heavy atom. The molecule has 0 spiro atoms. The average molecular weight is 283 g/mol. The van der Waals surface area contributed by atoms with Crippen LogP contribution in [0.5, 0.6) is 0 Å². The largest absolute Gasteiger partial charge is 0.501 e. The molecule has 4 heteroatoms. The first-order valence-electron chi connectivity index (χ1n) is 7.64. The highest BCUT2D eigenvalue weighted by Gasteiger charge is 2.20. The first-order chi connectivity index (χ1) is 10.4. The zero-order chi connectivity index (χ0) is 14.5. The van der Waals surface area contributed by atoms with Crippen molar-refractivity contribution in [1.29, 1.82) is 0 Å². The highest BCUT2D eigenvalue weighted by molar-refractivity contribution is 5.73. The van der Waals surface area contributed by atoms with E-state index in [1.165, 1.54) is 5.57 Å². The molecule has 3 rings (SSSR count). The second-order valence-corrected chi connectivity index (χ2v) is 5.34. The predicted molar refractivity (Wildman–Crippen MR) is 83.8 cm³/mol. The van der Waals surface area contributed by atoms with Crippen molar-refractivity contribution in [3.63, 3.8) is 0 Å². The molecule has 0 radical (unpaired) electrons. The molecule has 0 aliphatic carbocycles. The van der Waals surface area contributed by atoms with Gasteiger partial charge in [-0.25, -0.2) is 4.98 Å². The maximum absolute atomic E-state index is 5.50. The van der Waals surface area contributed by atoms with E-state index in [9.17, 15) is 0 Å². The molecule has 0 saturated carbocycles. The van der Waals surface area contributed by atoms with Gasteiger partial charge in [0.05, 0.1) is 41.8 Å². The second-order valence-electron chi connectivity index (χ2n) is 5.34. The number of nitrogens with one attached hydrogen (secondary N) is 1. The number of hydrogen-bond acceptors (Lipinski definition) is 4. The smallest absolute Gasteiger partial charge is 0.0890 e. The number of aromatic nitrogens is 2. The molecule has 0 amide bonds. The Morgan fingerprint density at radius 1 is 1.29 bits per heavy atom. The maximum Gasteiger partial charge on any atom is 0.0890 e. The van der Waals surface area contributed by atoms with Crippen LogP contribution in [-0.4, -0.2) is 23.1 Å². The van der Waals surface area contributed by atoms with Crippen molar-refractivity contribution in [2.75, 3.05) is 13.2 Å². The number of nitrogens with zero attached hydrogens (tertiary/aromatic N) is 2. The van der Waals surface area contributed by atoms with Crippen LogP contribution in [0.1, 0.15) is 37.9 Å². The summed E-state index contributed by atoms with van der Waals surface area (Å²) in [5.74, 6) is 0. The van der Waals surface area contributed by atoms with Crippen LogP contribution in [0.25, 0.3) is 11.0 Å². The molecule has 1 aromatic carbocycles. The van der Waals surface area contributed by atoms with Gasteiger partial charge in [0.25, 0.3) is 0 Å². The van der Waals surface area contributed by atoms with Crippen molar-refractivity contribution < 1.29 is 4.74 Å². The average Bonchev–Trinajstić information content (AvgIpc) is 2.56. The lowest BCUT2D eigenvalue weighted by Gasteiger charge is -2.24. The van der Waals surface area contributed by atoms with Crippen LogP contribution in [0.15, 0.2) is 42.3 Å². The van der Waals surface area contributed by atoms with Crippen molar-refractivity contribution in [1.82, 2.24) is 15.3 Å². The van der Waals surface area contributed by atoms with Gasteiger partial charge in [-0.2, -0.15) is 0 Å². The Hall–Kier alpha value is -1.94. The highest BCUT2D eigenvalue weighted by atomic mass is 16.5. The molecule has 4 nitrogen and oxygen atoms in total. The molecule has 1 aromatic heterocycles. The fraction of sp³-hybridized carbons (Fsp3) is 0.412. The van der Waals surface area contributed by atoms with Crippen LogP contribution in [-0.2, 0) is 4.74 Å². The van der Waals surface area contributed by atoms with Gasteiger partial charge >= 0.3 is 0 Å². The number of ether oxygens (including phenoxy) is 1. The monoisotopic (exact) mass is 283 g/mol. The summed E-state index contributed by atoms with van der Waals surface area (Å²) in [6, 6.07) is 8.08. The third kappa shape index (κ3) is 3.22. The van der Waals surface area contributed by atoms with E-state index in [0.29, 0.717) is 0 Å². The first kappa shape index (κ1) is 14.0. The Labute approximate surface area is 125 Å². The van der Waals surface area contributed by atoms with Crippen molar-refractivity contribution in [3.05, 3.63) is 48.0 Å².